The first-order chi connectivity index (χ1) is 13.8. The van der Waals surface area contributed by atoms with E-state index in [2.05, 4.69) is 20.7 Å². The molecule has 2 fully saturated rings. The van der Waals surface area contributed by atoms with Crippen molar-refractivity contribution in [1.29, 1.82) is 0 Å². The predicted octanol–water partition coefficient (Wildman–Crippen LogP) is 3.37. The lowest BCUT2D eigenvalue weighted by molar-refractivity contribution is 0.0913. The van der Waals surface area contributed by atoms with Crippen molar-refractivity contribution in [3.8, 4) is 17.1 Å². The van der Waals surface area contributed by atoms with Crippen LogP contribution in [-0.4, -0.2) is 38.8 Å². The zero-order valence-electron chi connectivity index (χ0n) is 16.0. The van der Waals surface area contributed by atoms with Crippen molar-refractivity contribution in [3.05, 3.63) is 66.5 Å². The number of rotatable bonds is 4. The minimum atomic E-state index is -0.196. The summed E-state index contributed by atoms with van der Waals surface area (Å²) < 4.78 is 1.75. The molecule has 29 heavy (non-hydrogen) atoms. The molecule has 3 aromatic rings. The Balaban J connectivity index is 0.00000205. The van der Waals surface area contributed by atoms with Crippen LogP contribution in [0.15, 0.2) is 60.7 Å². The van der Waals surface area contributed by atoms with Gasteiger partial charge in [0.2, 0.25) is 5.82 Å². The molecule has 2 saturated heterocycles. The summed E-state index contributed by atoms with van der Waals surface area (Å²) in [5.74, 6) is 0.689. The Morgan fingerprint density at radius 2 is 1.59 bits per heavy atom. The van der Waals surface area contributed by atoms with Crippen molar-refractivity contribution in [2.75, 3.05) is 0 Å². The third-order valence-electron chi connectivity index (χ3n) is 5.65. The van der Waals surface area contributed by atoms with Crippen molar-refractivity contribution < 1.29 is 4.79 Å². The minimum Gasteiger partial charge on any atom is -0.346 e. The van der Waals surface area contributed by atoms with Crippen LogP contribution in [0.25, 0.3) is 17.1 Å². The number of benzene rings is 2. The second-order valence-corrected chi connectivity index (χ2v) is 7.65. The summed E-state index contributed by atoms with van der Waals surface area (Å²) in [4.78, 5) is 17.5. The highest BCUT2D eigenvalue weighted by Gasteiger charge is 2.34. The number of hydrogen-bond donors (Lipinski definition) is 2. The van der Waals surface area contributed by atoms with E-state index in [0.717, 1.165) is 24.1 Å². The van der Waals surface area contributed by atoms with E-state index in [1.807, 2.05) is 60.7 Å². The van der Waals surface area contributed by atoms with Gasteiger partial charge in [0.15, 0.2) is 5.82 Å². The van der Waals surface area contributed by atoms with Gasteiger partial charge in [0.25, 0.3) is 5.91 Å². The van der Waals surface area contributed by atoms with Crippen LogP contribution in [0.1, 0.15) is 36.3 Å². The average molecular weight is 410 g/mol. The summed E-state index contributed by atoms with van der Waals surface area (Å²) in [6.07, 6.45) is 4.37. The van der Waals surface area contributed by atoms with E-state index in [9.17, 15) is 4.79 Å². The van der Waals surface area contributed by atoms with E-state index in [1.165, 1.54) is 12.8 Å². The predicted molar refractivity (Wildman–Crippen MR) is 114 cm³/mol. The Morgan fingerprint density at radius 3 is 2.24 bits per heavy atom. The van der Waals surface area contributed by atoms with E-state index in [-0.39, 0.29) is 30.2 Å². The van der Waals surface area contributed by atoms with Crippen molar-refractivity contribution in [2.24, 2.45) is 0 Å². The fourth-order valence-corrected chi connectivity index (χ4v) is 4.36. The van der Waals surface area contributed by atoms with Crippen LogP contribution in [0.3, 0.4) is 0 Å². The Hall–Kier alpha value is -2.70. The quantitative estimate of drug-likeness (QED) is 0.693. The highest BCUT2D eigenvalue weighted by molar-refractivity contribution is 5.91. The second-order valence-electron chi connectivity index (χ2n) is 7.65. The molecule has 1 aromatic heterocycles. The molecule has 2 unspecified atom stereocenters. The number of piperidine rings is 1. The van der Waals surface area contributed by atoms with E-state index < -0.39 is 0 Å². The zero-order chi connectivity index (χ0) is 18.9. The first-order valence-electron chi connectivity index (χ1n) is 9.91. The number of aromatic nitrogens is 3. The van der Waals surface area contributed by atoms with Crippen LogP contribution in [0.4, 0.5) is 0 Å². The van der Waals surface area contributed by atoms with Crippen LogP contribution in [0.5, 0.6) is 0 Å². The number of amides is 1. The molecule has 2 aliphatic heterocycles. The van der Waals surface area contributed by atoms with Gasteiger partial charge in [-0.25, -0.2) is 9.67 Å². The highest BCUT2D eigenvalue weighted by Crippen LogP contribution is 2.27. The monoisotopic (exact) mass is 409 g/mol. The number of nitrogens with one attached hydrogen (secondary N) is 2. The van der Waals surface area contributed by atoms with E-state index >= 15 is 0 Å². The first kappa shape index (κ1) is 19.6. The van der Waals surface area contributed by atoms with Gasteiger partial charge in [-0.2, -0.15) is 0 Å². The average Bonchev–Trinajstić information content (AvgIpc) is 3.33. The second kappa shape index (κ2) is 8.35. The van der Waals surface area contributed by atoms with Gasteiger partial charge >= 0.3 is 0 Å². The van der Waals surface area contributed by atoms with Gasteiger partial charge in [-0.1, -0.05) is 48.5 Å². The molecule has 7 heteroatoms. The summed E-state index contributed by atoms with van der Waals surface area (Å²) >= 11 is 0. The first-order valence-corrected chi connectivity index (χ1v) is 9.91. The fraction of sp³-hybridized carbons (Fsp3) is 0.318. The number of hydrogen-bond acceptors (Lipinski definition) is 4. The molecule has 2 aromatic carbocycles. The van der Waals surface area contributed by atoms with Gasteiger partial charge < -0.3 is 10.6 Å². The molecule has 0 spiro atoms. The number of carbonyl (C=O) groups is 1. The summed E-state index contributed by atoms with van der Waals surface area (Å²) in [5.41, 5.74) is 1.81. The number of fused-ring (bicyclic) bond motifs is 2. The maximum atomic E-state index is 12.9. The number of nitrogens with zero attached hydrogens (tertiary/aromatic N) is 3. The molecule has 150 valence electrons. The normalized spacial score (nSPS) is 22.7. The van der Waals surface area contributed by atoms with Crippen LogP contribution in [-0.2, 0) is 0 Å². The van der Waals surface area contributed by atoms with Gasteiger partial charge in [0.05, 0.1) is 5.69 Å². The van der Waals surface area contributed by atoms with E-state index in [1.54, 1.807) is 4.68 Å². The van der Waals surface area contributed by atoms with Gasteiger partial charge in [0, 0.05) is 23.7 Å². The minimum absolute atomic E-state index is 0. The number of carbonyl (C=O) groups excluding carboxylic acids is 1. The van der Waals surface area contributed by atoms with E-state index in [0.29, 0.717) is 17.9 Å². The van der Waals surface area contributed by atoms with Crippen molar-refractivity contribution >= 4 is 18.3 Å². The van der Waals surface area contributed by atoms with Crippen molar-refractivity contribution in [1.82, 2.24) is 25.4 Å². The number of para-hydroxylation sites is 1. The molecule has 2 bridgehead atoms. The summed E-state index contributed by atoms with van der Waals surface area (Å²) in [6.45, 7) is 0. The smallest absolute Gasteiger partial charge is 0.291 e. The molecule has 6 nitrogen and oxygen atoms in total. The molecule has 2 atom stereocenters. The Bertz CT molecular complexity index is 906. The maximum Gasteiger partial charge on any atom is 0.291 e. The molecule has 0 saturated carbocycles. The lowest BCUT2D eigenvalue weighted by atomic mass is 10.00. The van der Waals surface area contributed by atoms with Crippen molar-refractivity contribution in [3.63, 3.8) is 0 Å². The molecule has 0 aliphatic carbocycles. The Morgan fingerprint density at radius 1 is 0.966 bits per heavy atom. The van der Waals surface area contributed by atoms with E-state index in [4.69, 9.17) is 0 Å². The topological polar surface area (TPSA) is 71.8 Å². The van der Waals surface area contributed by atoms with Crippen LogP contribution in [0.2, 0.25) is 0 Å². The third-order valence-corrected chi connectivity index (χ3v) is 5.65. The lowest BCUT2D eigenvalue weighted by Crippen LogP contribution is -2.48. The SMILES string of the molecule is Cl.O=C(NC1CC2CCC(C1)N2)c1nc(-c2ccccc2)n(-c2ccccc2)n1. The lowest BCUT2D eigenvalue weighted by Gasteiger charge is -2.29. The molecule has 0 radical (unpaired) electrons. The summed E-state index contributed by atoms with van der Waals surface area (Å²) in [7, 11) is 0. The zero-order valence-corrected chi connectivity index (χ0v) is 16.8. The van der Waals surface area contributed by atoms with Gasteiger partial charge in [-0.3, -0.25) is 4.79 Å². The molecular formula is C22H24ClN5O. The van der Waals surface area contributed by atoms with Crippen LogP contribution in [0, 0.1) is 0 Å². The van der Waals surface area contributed by atoms with Gasteiger partial charge in [-0.05, 0) is 37.8 Å². The third kappa shape index (κ3) is 4.04. The molecule has 2 N–H and O–H groups in total. The Kier molecular flexibility index (Phi) is 5.65. The Labute approximate surface area is 176 Å². The van der Waals surface area contributed by atoms with Crippen LogP contribution < -0.4 is 10.6 Å². The fourth-order valence-electron chi connectivity index (χ4n) is 4.36. The van der Waals surface area contributed by atoms with Gasteiger partial charge in [0.1, 0.15) is 0 Å². The number of halogens is 1. The molecule has 2 aliphatic rings. The molecule has 1 amide bonds. The molecular weight excluding hydrogens is 386 g/mol. The molecule has 5 rings (SSSR count). The largest absolute Gasteiger partial charge is 0.346 e. The summed E-state index contributed by atoms with van der Waals surface area (Å²) in [5, 5.41) is 11.3. The highest BCUT2D eigenvalue weighted by atomic mass is 35.5. The maximum absolute atomic E-state index is 12.9. The van der Waals surface area contributed by atoms with Crippen LogP contribution >= 0.6 is 12.4 Å². The summed E-state index contributed by atoms with van der Waals surface area (Å²) in [6, 6.07) is 20.9. The van der Waals surface area contributed by atoms with Gasteiger partial charge in [-0.15, -0.1) is 17.5 Å². The molecule has 3 heterocycles. The standard InChI is InChI=1S/C22H23N5O.ClH/c28-22(24-18-13-16-11-12-17(14-18)23-16)20-25-21(15-7-3-1-4-8-15)27(26-20)19-9-5-2-6-10-19;/h1-10,16-18,23H,11-14H2,(H,24,28);1H. The van der Waals surface area contributed by atoms with Crippen molar-refractivity contribution in [2.45, 2.75) is 43.8 Å².